The lowest BCUT2D eigenvalue weighted by Crippen LogP contribution is -2.66. The van der Waals surface area contributed by atoms with Crippen molar-refractivity contribution in [1.82, 2.24) is 9.27 Å². The number of amidine groups is 1. The molecule has 1 aromatic rings. The number of ether oxygens (including phenoxy) is 2. The summed E-state index contributed by atoms with van der Waals surface area (Å²) in [5, 5.41) is 69.4. The third kappa shape index (κ3) is 9.56. The summed E-state index contributed by atoms with van der Waals surface area (Å²) in [6.45, 7) is 4.73. The molecular formula is C25H44N4O10S. The van der Waals surface area contributed by atoms with E-state index in [1.807, 2.05) is 9.34 Å². The molecule has 40 heavy (non-hydrogen) atoms. The van der Waals surface area contributed by atoms with Gasteiger partial charge in [0, 0.05) is 18.0 Å². The Morgan fingerprint density at radius 2 is 1.68 bits per heavy atom. The van der Waals surface area contributed by atoms with Gasteiger partial charge in [-0.25, -0.2) is 4.79 Å². The summed E-state index contributed by atoms with van der Waals surface area (Å²) < 4.78 is 12.8. The number of hydrogen-bond acceptors (Lipinski definition) is 12. The van der Waals surface area contributed by atoms with Gasteiger partial charge < -0.3 is 51.2 Å². The zero-order valence-corrected chi connectivity index (χ0v) is 23.7. The van der Waals surface area contributed by atoms with E-state index >= 15 is 0 Å². The van der Waals surface area contributed by atoms with E-state index in [1.54, 1.807) is 13.0 Å². The second kappa shape index (κ2) is 16.5. The average Bonchev–Trinajstić information content (AvgIpc) is 3.33. The van der Waals surface area contributed by atoms with E-state index in [0.29, 0.717) is 0 Å². The fraction of sp³-hybridized carbons (Fsp3) is 0.800. The van der Waals surface area contributed by atoms with Crippen molar-refractivity contribution in [3.63, 3.8) is 0 Å². The molecule has 3 rings (SSSR count). The summed E-state index contributed by atoms with van der Waals surface area (Å²) in [5.41, 5.74) is 6.10. The van der Waals surface area contributed by atoms with Gasteiger partial charge >= 0.3 is 5.97 Å². The first-order valence-electron chi connectivity index (χ1n) is 13.6. The number of carbonyl (C=O) groups is 1. The molecule has 1 aliphatic heterocycles. The molecule has 2 aliphatic rings. The molecule has 1 aromatic heterocycles. The Morgan fingerprint density at radius 1 is 1.10 bits per heavy atom. The topological polar surface area (TPSA) is 241 Å². The molecular weight excluding hydrogens is 548 g/mol. The van der Waals surface area contributed by atoms with Crippen molar-refractivity contribution in [3.05, 3.63) is 21.8 Å². The fourth-order valence-corrected chi connectivity index (χ4v) is 5.29. The summed E-state index contributed by atoms with van der Waals surface area (Å²) >= 11 is 1.52. The largest absolute Gasteiger partial charge is 0.475 e. The number of aliphatic hydroxyl groups excluding tert-OH is 5. The first-order valence-corrected chi connectivity index (χ1v) is 14.4. The monoisotopic (exact) mass is 592 g/mol. The van der Waals surface area contributed by atoms with Crippen LogP contribution >= 0.6 is 11.5 Å². The van der Waals surface area contributed by atoms with Gasteiger partial charge in [-0.15, -0.1) is 0 Å². The number of aliphatic carboxylic acids is 1. The molecule has 10 N–H and O–H groups in total. The summed E-state index contributed by atoms with van der Waals surface area (Å²) in [6.07, 6.45) is -3.96. The standard InChI is InChI=1S/C14H25N3O9.C11H19NOS/c1-3-5(17-12(16)13(23)24)2-4(15)14(25-3)26-11-9(21)7(19)6(18)8(20)10(11)22;1-2-3-4-5-6-7-9-12-11(13)8-10-14-12/h3-11,14,18-22H,2,15H2,1H3,(H2,16,17)(H,23,24);8,10H,2-7,9H2,1H3/t3-,4+,5+,6-,7+,8+,9-,10+,11+,14-;/m1./s1. The number of nitrogens with one attached hydrogen (secondary N) is 2. The molecule has 230 valence electrons. The maximum Gasteiger partial charge on any atom is 0.370 e. The Kier molecular flexibility index (Phi) is 14.1. The van der Waals surface area contributed by atoms with Crippen LogP contribution in [0, 0.1) is 5.41 Å². The molecule has 2 heterocycles. The number of rotatable bonds is 10. The van der Waals surface area contributed by atoms with Gasteiger partial charge in [-0.2, -0.15) is 0 Å². The molecule has 0 aromatic carbocycles. The lowest BCUT2D eigenvalue weighted by molar-refractivity contribution is -0.293. The molecule has 0 spiro atoms. The first kappa shape index (κ1) is 34.3. The maximum absolute atomic E-state index is 11.2. The van der Waals surface area contributed by atoms with E-state index in [-0.39, 0.29) is 12.0 Å². The summed E-state index contributed by atoms with van der Waals surface area (Å²) in [4.78, 5) is 21.9. The molecule has 10 atom stereocenters. The quantitative estimate of drug-likeness (QED) is 0.0897. The highest BCUT2D eigenvalue weighted by molar-refractivity contribution is 7.04. The Hall–Kier alpha value is -1.95. The maximum atomic E-state index is 11.2. The van der Waals surface area contributed by atoms with Gasteiger partial charge in [0.15, 0.2) is 6.29 Å². The van der Waals surface area contributed by atoms with E-state index in [1.165, 1.54) is 43.6 Å². The fourth-order valence-electron chi connectivity index (χ4n) is 4.57. The molecule has 14 nitrogen and oxygen atoms in total. The van der Waals surface area contributed by atoms with Crippen LogP contribution in [0.15, 0.2) is 16.2 Å². The number of nitrogens with zero attached hydrogens (tertiary/aromatic N) is 1. The van der Waals surface area contributed by atoms with E-state index in [2.05, 4.69) is 12.2 Å². The van der Waals surface area contributed by atoms with Crippen molar-refractivity contribution < 1.29 is 44.9 Å². The van der Waals surface area contributed by atoms with Crippen LogP contribution in [0.1, 0.15) is 58.8 Å². The van der Waals surface area contributed by atoms with Gasteiger partial charge in [0.2, 0.25) is 5.84 Å². The minimum atomic E-state index is -1.74. The zero-order chi connectivity index (χ0) is 30.0. The van der Waals surface area contributed by atoms with Gasteiger partial charge in [0.05, 0.1) is 18.2 Å². The van der Waals surface area contributed by atoms with Gasteiger partial charge in [-0.3, -0.25) is 14.2 Å². The molecule has 0 radical (unpaired) electrons. The number of hydrogen-bond donors (Lipinski definition) is 9. The third-order valence-electron chi connectivity index (χ3n) is 7.06. The van der Waals surface area contributed by atoms with Crippen LogP contribution in [0.25, 0.3) is 0 Å². The highest BCUT2D eigenvalue weighted by atomic mass is 32.1. The number of carboxylic acid groups (broad SMARTS) is 1. The molecule has 0 unspecified atom stereocenters. The number of carboxylic acids is 1. The Bertz CT molecular complexity index is 961. The molecule has 15 heteroatoms. The van der Waals surface area contributed by atoms with Crippen LogP contribution < -0.4 is 16.6 Å². The smallest absolute Gasteiger partial charge is 0.370 e. The van der Waals surface area contributed by atoms with Crippen molar-refractivity contribution in [2.24, 2.45) is 5.73 Å². The van der Waals surface area contributed by atoms with Crippen LogP contribution in [0.5, 0.6) is 0 Å². The number of unbranched alkanes of at least 4 members (excludes halogenated alkanes) is 5. The minimum absolute atomic E-state index is 0.156. The highest BCUT2D eigenvalue weighted by Gasteiger charge is 2.51. The minimum Gasteiger partial charge on any atom is -0.475 e. The Balaban J connectivity index is 0.000000337. The number of aromatic nitrogens is 1. The number of aliphatic hydroxyl groups is 5. The van der Waals surface area contributed by atoms with Crippen LogP contribution in [0.3, 0.4) is 0 Å². The predicted octanol–water partition coefficient (Wildman–Crippen LogP) is -1.06. The van der Waals surface area contributed by atoms with Gasteiger partial charge in [0.25, 0.3) is 5.56 Å². The van der Waals surface area contributed by atoms with Crippen LogP contribution in [0.4, 0.5) is 0 Å². The lowest BCUT2D eigenvalue weighted by atomic mass is 9.84. The van der Waals surface area contributed by atoms with E-state index in [9.17, 15) is 35.1 Å². The molecule has 0 bridgehead atoms. The van der Waals surface area contributed by atoms with Crippen molar-refractivity contribution in [1.29, 1.82) is 5.41 Å². The van der Waals surface area contributed by atoms with Crippen LogP contribution in [-0.2, 0) is 20.8 Å². The third-order valence-corrected chi connectivity index (χ3v) is 7.93. The van der Waals surface area contributed by atoms with Crippen molar-refractivity contribution in [2.75, 3.05) is 0 Å². The molecule has 1 aliphatic carbocycles. The predicted molar refractivity (Wildman–Crippen MR) is 146 cm³/mol. The normalized spacial score (nSPS) is 34.0. The summed E-state index contributed by atoms with van der Waals surface area (Å²) in [5.74, 6) is -2.14. The average molecular weight is 593 g/mol. The Labute approximate surface area is 237 Å². The summed E-state index contributed by atoms with van der Waals surface area (Å²) in [7, 11) is 0. The second-order valence-electron chi connectivity index (χ2n) is 10.2. The first-order chi connectivity index (χ1) is 18.9. The molecule has 1 saturated carbocycles. The molecule has 2 fully saturated rings. The second-order valence-corrected chi connectivity index (χ2v) is 11.1. The summed E-state index contributed by atoms with van der Waals surface area (Å²) in [6, 6.07) is 0.250. The lowest BCUT2D eigenvalue weighted by Gasteiger charge is -2.45. The number of aryl methyl sites for hydroxylation is 1. The van der Waals surface area contributed by atoms with Crippen molar-refractivity contribution in [2.45, 2.75) is 126 Å². The highest BCUT2D eigenvalue weighted by Crippen LogP contribution is 2.28. The van der Waals surface area contributed by atoms with Crippen molar-refractivity contribution >= 4 is 23.3 Å². The van der Waals surface area contributed by atoms with E-state index in [0.717, 1.165) is 13.0 Å². The zero-order valence-electron chi connectivity index (χ0n) is 22.8. The van der Waals surface area contributed by atoms with Crippen LogP contribution in [-0.4, -0.2) is 108 Å². The van der Waals surface area contributed by atoms with E-state index in [4.69, 9.17) is 25.7 Å². The molecule has 0 amide bonds. The van der Waals surface area contributed by atoms with Gasteiger partial charge in [0.1, 0.15) is 36.6 Å². The Morgan fingerprint density at radius 3 is 2.23 bits per heavy atom. The van der Waals surface area contributed by atoms with Gasteiger partial charge in [-0.1, -0.05) is 50.6 Å². The van der Waals surface area contributed by atoms with Crippen molar-refractivity contribution in [3.8, 4) is 0 Å². The van der Waals surface area contributed by atoms with Crippen LogP contribution in [0.2, 0.25) is 0 Å². The SMILES string of the molecule is CCCCCCCCn1sccc1=O.C[C@H]1O[C@H](O[C@H]2[C@H](O)[C@@H](O)[C@@H](O)[C@H](O)[C@@H]2O)[C@@H](N)C[C@@H]1NC(=N)C(=O)O. The molecule has 1 saturated heterocycles. The van der Waals surface area contributed by atoms with Gasteiger partial charge in [-0.05, 0) is 19.8 Å². The van der Waals surface area contributed by atoms with E-state index < -0.39 is 72.9 Å². The number of nitrogens with two attached hydrogens (primary N) is 1.